The molecule has 3 N–H and O–H groups in total. The summed E-state index contributed by atoms with van der Waals surface area (Å²) < 4.78 is 31.4. The van der Waals surface area contributed by atoms with E-state index in [0.717, 1.165) is 0 Å². The zero-order valence-electron chi connectivity index (χ0n) is 10.6. The zero-order valence-corrected chi connectivity index (χ0v) is 11.4. The minimum Gasteiger partial charge on any atom is -0.383 e. The number of hydrogen-bond donors (Lipinski definition) is 2. The fourth-order valence-corrected chi connectivity index (χ4v) is 2.37. The number of rotatable bonds is 7. The van der Waals surface area contributed by atoms with Crippen molar-refractivity contribution in [2.45, 2.75) is 18.7 Å². The third-order valence-corrected chi connectivity index (χ3v) is 3.59. The minimum absolute atomic E-state index is 0.00569. The molecule has 7 heteroatoms. The molecule has 0 fully saturated rings. The van der Waals surface area contributed by atoms with Gasteiger partial charge in [0.05, 0.1) is 6.61 Å². The van der Waals surface area contributed by atoms with Crippen LogP contribution < -0.4 is 10.5 Å². The Balaban J connectivity index is 2.49. The number of hydrogen-bond acceptors (Lipinski definition) is 5. The van der Waals surface area contributed by atoms with Gasteiger partial charge in [0, 0.05) is 19.3 Å². The van der Waals surface area contributed by atoms with Crippen LogP contribution >= 0.6 is 0 Å². The van der Waals surface area contributed by atoms with Crippen LogP contribution in [0.3, 0.4) is 0 Å². The fourth-order valence-electron chi connectivity index (χ4n) is 1.27. The molecule has 1 aromatic heterocycles. The number of sulfonamides is 1. The van der Waals surface area contributed by atoms with Crippen molar-refractivity contribution in [2.75, 3.05) is 25.5 Å². The van der Waals surface area contributed by atoms with E-state index >= 15 is 0 Å². The molecule has 0 aliphatic rings. The molecule has 0 atom stereocenters. The van der Waals surface area contributed by atoms with Crippen molar-refractivity contribution in [3.63, 3.8) is 0 Å². The first-order valence-corrected chi connectivity index (χ1v) is 7.19. The average Bonchev–Trinajstić information content (AvgIpc) is 2.28. The van der Waals surface area contributed by atoms with E-state index in [-0.39, 0.29) is 17.3 Å². The Hall–Kier alpha value is -1.18. The molecular formula is C11H19N3O3S. The second-order valence-electron chi connectivity index (χ2n) is 4.25. The first-order valence-electron chi connectivity index (χ1n) is 5.71. The van der Waals surface area contributed by atoms with Crippen molar-refractivity contribution in [3.05, 3.63) is 18.3 Å². The standard InChI is InChI=1S/C11H19N3O3S/c1-9(2)8-17-7-6-14-18(15,16)10-4-3-5-13-11(10)12/h3-5,9,14H,6-8H2,1-2H3,(H2,12,13). The molecule has 0 unspecified atom stereocenters. The van der Waals surface area contributed by atoms with E-state index in [2.05, 4.69) is 9.71 Å². The lowest BCUT2D eigenvalue weighted by molar-refractivity contribution is 0.114. The van der Waals surface area contributed by atoms with Crippen molar-refractivity contribution >= 4 is 15.8 Å². The van der Waals surface area contributed by atoms with Gasteiger partial charge in [-0.1, -0.05) is 13.8 Å². The van der Waals surface area contributed by atoms with E-state index in [4.69, 9.17) is 10.5 Å². The van der Waals surface area contributed by atoms with Crippen LogP contribution in [0.1, 0.15) is 13.8 Å². The van der Waals surface area contributed by atoms with Crippen LogP contribution in [0.2, 0.25) is 0 Å². The maximum Gasteiger partial charge on any atom is 0.244 e. The molecular weight excluding hydrogens is 254 g/mol. The van der Waals surface area contributed by atoms with Crippen molar-refractivity contribution in [2.24, 2.45) is 5.92 Å². The highest BCUT2D eigenvalue weighted by molar-refractivity contribution is 7.89. The Morgan fingerprint density at radius 3 is 2.83 bits per heavy atom. The van der Waals surface area contributed by atoms with Crippen LogP contribution in [0.25, 0.3) is 0 Å². The summed E-state index contributed by atoms with van der Waals surface area (Å²) >= 11 is 0. The van der Waals surface area contributed by atoms with Gasteiger partial charge in [-0.05, 0) is 18.1 Å². The molecule has 1 heterocycles. The van der Waals surface area contributed by atoms with Gasteiger partial charge in [-0.25, -0.2) is 18.1 Å². The largest absolute Gasteiger partial charge is 0.383 e. The molecule has 0 aromatic carbocycles. The van der Waals surface area contributed by atoms with E-state index in [1.807, 2.05) is 13.8 Å². The predicted molar refractivity (Wildman–Crippen MR) is 69.5 cm³/mol. The van der Waals surface area contributed by atoms with E-state index < -0.39 is 10.0 Å². The minimum atomic E-state index is -3.61. The molecule has 102 valence electrons. The molecule has 0 saturated carbocycles. The third kappa shape index (κ3) is 4.59. The monoisotopic (exact) mass is 273 g/mol. The topological polar surface area (TPSA) is 94.3 Å². The maximum absolute atomic E-state index is 11.9. The van der Waals surface area contributed by atoms with E-state index in [1.165, 1.54) is 18.3 Å². The smallest absolute Gasteiger partial charge is 0.244 e. The number of nitrogens with one attached hydrogen (secondary N) is 1. The first-order chi connectivity index (χ1) is 8.43. The van der Waals surface area contributed by atoms with Crippen LogP contribution in [-0.4, -0.2) is 33.2 Å². The van der Waals surface area contributed by atoms with Gasteiger partial charge in [-0.2, -0.15) is 0 Å². The van der Waals surface area contributed by atoms with E-state index in [1.54, 1.807) is 0 Å². The van der Waals surface area contributed by atoms with Crippen molar-refractivity contribution < 1.29 is 13.2 Å². The molecule has 0 radical (unpaired) electrons. The zero-order chi connectivity index (χ0) is 13.6. The van der Waals surface area contributed by atoms with Crippen LogP contribution in [0.15, 0.2) is 23.2 Å². The summed E-state index contributed by atoms with van der Waals surface area (Å²) in [5, 5.41) is 0. The van der Waals surface area contributed by atoms with Gasteiger partial charge in [0.2, 0.25) is 10.0 Å². The molecule has 0 saturated heterocycles. The van der Waals surface area contributed by atoms with Gasteiger partial charge in [-0.15, -0.1) is 0 Å². The molecule has 1 rings (SSSR count). The second-order valence-corrected chi connectivity index (χ2v) is 5.99. The Kier molecular flexibility index (Phi) is 5.52. The highest BCUT2D eigenvalue weighted by Gasteiger charge is 2.16. The van der Waals surface area contributed by atoms with Crippen molar-refractivity contribution in [1.82, 2.24) is 9.71 Å². The van der Waals surface area contributed by atoms with Gasteiger partial charge < -0.3 is 10.5 Å². The molecule has 1 aromatic rings. The van der Waals surface area contributed by atoms with Gasteiger partial charge in [0.15, 0.2) is 0 Å². The Labute approximate surface area is 108 Å². The summed E-state index contributed by atoms with van der Waals surface area (Å²) in [5.74, 6) is 0.420. The van der Waals surface area contributed by atoms with Crippen LogP contribution in [-0.2, 0) is 14.8 Å². The molecule has 0 amide bonds. The first kappa shape index (κ1) is 14.9. The van der Waals surface area contributed by atoms with Crippen LogP contribution in [0, 0.1) is 5.92 Å². The van der Waals surface area contributed by atoms with Crippen LogP contribution in [0.4, 0.5) is 5.82 Å². The van der Waals surface area contributed by atoms with Gasteiger partial charge in [0.1, 0.15) is 10.7 Å². The molecule has 0 bridgehead atoms. The third-order valence-electron chi connectivity index (χ3n) is 2.08. The van der Waals surface area contributed by atoms with Gasteiger partial charge in [0.25, 0.3) is 0 Å². The summed E-state index contributed by atoms with van der Waals surface area (Å²) in [6, 6.07) is 2.94. The summed E-state index contributed by atoms with van der Waals surface area (Å²) in [6.07, 6.45) is 1.44. The number of nitrogen functional groups attached to an aromatic ring is 1. The highest BCUT2D eigenvalue weighted by Crippen LogP contribution is 2.13. The quantitative estimate of drug-likeness (QED) is 0.710. The number of anilines is 1. The molecule has 6 nitrogen and oxygen atoms in total. The Bertz CT molecular complexity index is 474. The lowest BCUT2D eigenvalue weighted by Gasteiger charge is -2.09. The predicted octanol–water partition coefficient (Wildman–Crippen LogP) is 0.615. The number of nitrogens with two attached hydrogens (primary N) is 1. The summed E-state index contributed by atoms with van der Waals surface area (Å²) in [7, 11) is -3.61. The molecule has 0 aliphatic carbocycles. The summed E-state index contributed by atoms with van der Waals surface area (Å²) in [4.78, 5) is 3.73. The summed E-state index contributed by atoms with van der Waals surface area (Å²) in [6.45, 7) is 5.21. The van der Waals surface area contributed by atoms with Crippen molar-refractivity contribution in [1.29, 1.82) is 0 Å². The van der Waals surface area contributed by atoms with Gasteiger partial charge in [-0.3, -0.25) is 0 Å². The Morgan fingerprint density at radius 2 is 2.22 bits per heavy atom. The molecule has 0 spiro atoms. The number of ether oxygens (including phenoxy) is 1. The second kappa shape index (κ2) is 6.67. The highest BCUT2D eigenvalue weighted by atomic mass is 32.2. The van der Waals surface area contributed by atoms with E-state index in [9.17, 15) is 8.42 Å². The van der Waals surface area contributed by atoms with Crippen molar-refractivity contribution in [3.8, 4) is 0 Å². The normalized spacial score (nSPS) is 11.9. The number of pyridine rings is 1. The fraction of sp³-hybridized carbons (Fsp3) is 0.545. The lowest BCUT2D eigenvalue weighted by atomic mass is 10.2. The SMILES string of the molecule is CC(C)COCCNS(=O)(=O)c1cccnc1N. The number of aromatic nitrogens is 1. The maximum atomic E-state index is 11.9. The Morgan fingerprint density at radius 1 is 1.50 bits per heavy atom. The lowest BCUT2D eigenvalue weighted by Crippen LogP contribution is -2.28. The number of nitrogens with zero attached hydrogens (tertiary/aromatic N) is 1. The van der Waals surface area contributed by atoms with Crippen LogP contribution in [0.5, 0.6) is 0 Å². The van der Waals surface area contributed by atoms with Gasteiger partial charge >= 0.3 is 0 Å². The molecule has 0 aliphatic heterocycles. The average molecular weight is 273 g/mol. The summed E-state index contributed by atoms with van der Waals surface area (Å²) in [5.41, 5.74) is 5.52. The van der Waals surface area contributed by atoms with E-state index in [0.29, 0.717) is 19.1 Å². The molecule has 18 heavy (non-hydrogen) atoms.